The number of rotatable bonds is 5. The molecule has 0 saturated carbocycles. The summed E-state index contributed by atoms with van der Waals surface area (Å²) in [5, 5.41) is 4.31. The molecule has 0 spiro atoms. The molecule has 0 saturated heterocycles. The Morgan fingerprint density at radius 1 is 1.14 bits per heavy atom. The van der Waals surface area contributed by atoms with Gasteiger partial charge in [0.05, 0.1) is 11.4 Å². The lowest BCUT2D eigenvalue weighted by Crippen LogP contribution is -2.20. The lowest BCUT2D eigenvalue weighted by molar-refractivity contribution is 0.789. The van der Waals surface area contributed by atoms with Crippen LogP contribution in [-0.2, 0) is 6.42 Å². The highest BCUT2D eigenvalue weighted by molar-refractivity contribution is 9.10. The van der Waals surface area contributed by atoms with Crippen molar-refractivity contribution in [3.05, 3.63) is 57.5 Å². The predicted octanol–water partition coefficient (Wildman–Crippen LogP) is 5.21. The lowest BCUT2D eigenvalue weighted by atomic mass is 10.1. The minimum atomic E-state index is 0.323. The molecule has 0 aliphatic rings. The Kier molecular flexibility index (Phi) is 5.54. The van der Waals surface area contributed by atoms with E-state index in [9.17, 15) is 0 Å². The van der Waals surface area contributed by atoms with Crippen LogP contribution in [0.25, 0.3) is 0 Å². The first-order valence-electron chi connectivity index (χ1n) is 6.93. The summed E-state index contributed by atoms with van der Waals surface area (Å²) in [5.41, 5.74) is 3.52. The van der Waals surface area contributed by atoms with Crippen molar-refractivity contribution in [3.63, 3.8) is 0 Å². The molecule has 2 nitrogen and oxygen atoms in total. The summed E-state index contributed by atoms with van der Waals surface area (Å²) in [7, 11) is 4.07. The van der Waals surface area contributed by atoms with Crippen LogP contribution in [0.2, 0.25) is 5.02 Å². The van der Waals surface area contributed by atoms with E-state index in [-0.39, 0.29) is 0 Å². The summed E-state index contributed by atoms with van der Waals surface area (Å²) in [6.07, 6.45) is 0.965. The third-order valence-electron chi connectivity index (χ3n) is 3.30. The first-order chi connectivity index (χ1) is 9.95. The molecule has 2 rings (SSSR count). The van der Waals surface area contributed by atoms with Gasteiger partial charge in [0.1, 0.15) is 0 Å². The number of hydrogen-bond acceptors (Lipinski definition) is 2. The Bertz CT molecular complexity index is 596. The second-order valence-corrected chi connectivity index (χ2v) is 6.78. The minimum absolute atomic E-state index is 0.323. The van der Waals surface area contributed by atoms with Gasteiger partial charge in [0.15, 0.2) is 0 Å². The van der Waals surface area contributed by atoms with Gasteiger partial charge in [-0.25, -0.2) is 0 Å². The summed E-state index contributed by atoms with van der Waals surface area (Å²) in [6, 6.07) is 14.7. The molecule has 0 aromatic heterocycles. The van der Waals surface area contributed by atoms with Gasteiger partial charge in [-0.15, -0.1) is 0 Å². The van der Waals surface area contributed by atoms with E-state index < -0.39 is 0 Å². The molecule has 0 aliphatic heterocycles. The molecule has 1 unspecified atom stereocenters. The molecule has 4 heteroatoms. The number of hydrogen-bond donors (Lipinski definition) is 1. The second kappa shape index (κ2) is 7.19. The van der Waals surface area contributed by atoms with Gasteiger partial charge in [-0.2, -0.15) is 0 Å². The second-order valence-electron chi connectivity index (χ2n) is 5.43. The molecule has 0 radical (unpaired) electrons. The Hall–Kier alpha value is -1.19. The summed E-state index contributed by atoms with van der Waals surface area (Å²) in [5.74, 6) is 0. The van der Waals surface area contributed by atoms with Crippen LogP contribution in [0.1, 0.15) is 12.5 Å². The highest BCUT2D eigenvalue weighted by atomic mass is 79.9. The molecule has 112 valence electrons. The third-order valence-corrected chi connectivity index (χ3v) is 4.06. The molecular weight excluding hydrogens is 348 g/mol. The van der Waals surface area contributed by atoms with Crippen LogP contribution < -0.4 is 10.2 Å². The topological polar surface area (TPSA) is 15.3 Å². The molecule has 2 aromatic rings. The van der Waals surface area contributed by atoms with Crippen LogP contribution in [0.15, 0.2) is 46.9 Å². The monoisotopic (exact) mass is 366 g/mol. The molecule has 0 amide bonds. The SMILES string of the molecule is CC(Cc1ccc(Br)cc1)Nc1cc(Cl)ccc1N(C)C. The van der Waals surface area contributed by atoms with Crippen molar-refractivity contribution in [1.29, 1.82) is 0 Å². The average molecular weight is 368 g/mol. The van der Waals surface area contributed by atoms with Crippen LogP contribution in [-0.4, -0.2) is 20.1 Å². The number of nitrogens with one attached hydrogen (secondary N) is 1. The summed E-state index contributed by atoms with van der Waals surface area (Å²) >= 11 is 9.58. The predicted molar refractivity (Wildman–Crippen MR) is 96.7 cm³/mol. The number of nitrogens with zero attached hydrogens (tertiary/aromatic N) is 1. The van der Waals surface area contributed by atoms with E-state index in [4.69, 9.17) is 11.6 Å². The maximum atomic E-state index is 6.12. The highest BCUT2D eigenvalue weighted by Gasteiger charge is 2.09. The number of halogens is 2. The van der Waals surface area contributed by atoms with Gasteiger partial charge in [0.25, 0.3) is 0 Å². The van der Waals surface area contributed by atoms with E-state index in [1.165, 1.54) is 5.56 Å². The molecule has 21 heavy (non-hydrogen) atoms. The van der Waals surface area contributed by atoms with Crippen LogP contribution in [0.4, 0.5) is 11.4 Å². The highest BCUT2D eigenvalue weighted by Crippen LogP contribution is 2.28. The van der Waals surface area contributed by atoms with E-state index in [1.807, 2.05) is 32.3 Å². The fourth-order valence-electron chi connectivity index (χ4n) is 2.30. The molecule has 0 heterocycles. The van der Waals surface area contributed by atoms with Gasteiger partial charge in [-0.3, -0.25) is 0 Å². The van der Waals surface area contributed by atoms with Crippen LogP contribution >= 0.6 is 27.5 Å². The first kappa shape index (κ1) is 16.2. The van der Waals surface area contributed by atoms with E-state index in [0.29, 0.717) is 6.04 Å². The van der Waals surface area contributed by atoms with Gasteiger partial charge >= 0.3 is 0 Å². The van der Waals surface area contributed by atoms with Gasteiger partial charge in [-0.1, -0.05) is 39.7 Å². The van der Waals surface area contributed by atoms with Gasteiger partial charge in [0, 0.05) is 29.6 Å². The average Bonchev–Trinajstić information content (AvgIpc) is 2.41. The largest absolute Gasteiger partial charge is 0.381 e. The van der Waals surface area contributed by atoms with Crippen molar-refractivity contribution in [3.8, 4) is 0 Å². The standard InChI is InChI=1S/C17H20BrClN2/c1-12(10-13-4-6-14(18)7-5-13)20-16-11-15(19)8-9-17(16)21(2)3/h4-9,11-12,20H,10H2,1-3H3. The Morgan fingerprint density at radius 3 is 2.43 bits per heavy atom. The minimum Gasteiger partial charge on any atom is -0.381 e. The molecule has 0 fully saturated rings. The molecule has 2 aromatic carbocycles. The zero-order chi connectivity index (χ0) is 15.4. The Balaban J connectivity index is 2.10. The fourth-order valence-corrected chi connectivity index (χ4v) is 2.74. The fraction of sp³-hybridized carbons (Fsp3) is 0.294. The molecule has 1 N–H and O–H groups in total. The molecule has 0 bridgehead atoms. The van der Waals surface area contributed by atoms with Crippen molar-refractivity contribution in [2.75, 3.05) is 24.3 Å². The summed E-state index contributed by atoms with van der Waals surface area (Å²) in [6.45, 7) is 2.18. The van der Waals surface area contributed by atoms with E-state index in [0.717, 1.165) is 27.3 Å². The van der Waals surface area contributed by atoms with Crippen molar-refractivity contribution < 1.29 is 0 Å². The Morgan fingerprint density at radius 2 is 1.81 bits per heavy atom. The van der Waals surface area contributed by atoms with Crippen molar-refractivity contribution in [2.45, 2.75) is 19.4 Å². The maximum absolute atomic E-state index is 6.12. The van der Waals surface area contributed by atoms with Gasteiger partial charge in [-0.05, 0) is 49.2 Å². The van der Waals surface area contributed by atoms with Crippen molar-refractivity contribution in [2.24, 2.45) is 0 Å². The smallest absolute Gasteiger partial charge is 0.0597 e. The summed E-state index contributed by atoms with van der Waals surface area (Å²) in [4.78, 5) is 2.09. The van der Waals surface area contributed by atoms with Crippen molar-refractivity contribution in [1.82, 2.24) is 0 Å². The third kappa shape index (κ3) is 4.65. The van der Waals surface area contributed by atoms with Crippen LogP contribution in [0, 0.1) is 0 Å². The number of benzene rings is 2. The zero-order valence-corrected chi connectivity index (χ0v) is 14.9. The molecule has 1 atom stereocenters. The maximum Gasteiger partial charge on any atom is 0.0597 e. The molecule has 0 aliphatic carbocycles. The van der Waals surface area contributed by atoms with E-state index in [1.54, 1.807) is 0 Å². The van der Waals surface area contributed by atoms with Gasteiger partial charge in [0.2, 0.25) is 0 Å². The molecular formula is C17H20BrClN2. The first-order valence-corrected chi connectivity index (χ1v) is 8.10. The van der Waals surface area contributed by atoms with Crippen molar-refractivity contribution >= 4 is 38.9 Å². The van der Waals surface area contributed by atoms with E-state index >= 15 is 0 Å². The van der Waals surface area contributed by atoms with Crippen LogP contribution in [0.3, 0.4) is 0 Å². The van der Waals surface area contributed by atoms with Crippen LogP contribution in [0.5, 0.6) is 0 Å². The lowest BCUT2D eigenvalue weighted by Gasteiger charge is -2.22. The number of anilines is 2. The summed E-state index contributed by atoms with van der Waals surface area (Å²) < 4.78 is 1.11. The quantitative estimate of drug-likeness (QED) is 0.780. The van der Waals surface area contributed by atoms with Gasteiger partial charge < -0.3 is 10.2 Å². The zero-order valence-electron chi connectivity index (χ0n) is 12.5. The van der Waals surface area contributed by atoms with E-state index in [2.05, 4.69) is 57.3 Å². The normalized spacial score (nSPS) is 12.0. The Labute approximate surface area is 140 Å².